The zero-order chi connectivity index (χ0) is 22.8. The average Bonchev–Trinajstić information content (AvgIpc) is 3.16. The molecule has 0 spiro atoms. The summed E-state index contributed by atoms with van der Waals surface area (Å²) in [5, 5.41) is 9.58. The van der Waals surface area contributed by atoms with Crippen LogP contribution in [0.5, 0.6) is 0 Å². The second kappa shape index (κ2) is 8.72. The second-order valence-corrected chi connectivity index (χ2v) is 10.3. The Morgan fingerprint density at radius 2 is 1.31 bits per heavy atom. The Hall–Kier alpha value is -3.23. The standard InChI is InChI=1S/C24H21F3N3OP/c25-24(26,27)20-13-11-19(12-14-20)23(15-16-28)32(31)29(21-7-3-1-4-8-21)17-18-30(32)22-9-5-2-6-10-22/h1-14,23H,15,17-18H2. The lowest BCUT2D eigenvalue weighted by atomic mass is 10.1. The number of alkyl halides is 3. The maximum atomic E-state index is 14.9. The lowest BCUT2D eigenvalue weighted by Gasteiger charge is -2.37. The number of rotatable bonds is 5. The third-order valence-electron chi connectivity index (χ3n) is 5.64. The first-order chi connectivity index (χ1) is 15.4. The molecule has 32 heavy (non-hydrogen) atoms. The number of para-hydroxylation sites is 2. The van der Waals surface area contributed by atoms with Crippen molar-refractivity contribution in [2.75, 3.05) is 22.4 Å². The molecule has 0 bridgehead atoms. The normalized spacial score (nSPS) is 16.6. The van der Waals surface area contributed by atoms with Crippen molar-refractivity contribution >= 4 is 18.8 Å². The van der Waals surface area contributed by atoms with Crippen LogP contribution in [0.1, 0.15) is 23.2 Å². The molecular formula is C24H21F3N3OP. The fourth-order valence-corrected chi connectivity index (χ4v) is 7.64. The molecule has 0 N–H and O–H groups in total. The number of nitriles is 1. The molecule has 1 saturated heterocycles. The van der Waals surface area contributed by atoms with Crippen molar-refractivity contribution in [2.45, 2.75) is 18.3 Å². The monoisotopic (exact) mass is 455 g/mol. The molecule has 4 rings (SSSR count). The third-order valence-corrected chi connectivity index (χ3v) is 9.18. The Morgan fingerprint density at radius 1 is 0.844 bits per heavy atom. The van der Waals surface area contributed by atoms with Crippen molar-refractivity contribution in [3.8, 4) is 6.07 Å². The smallest absolute Gasteiger partial charge is 0.304 e. The van der Waals surface area contributed by atoms with Crippen LogP contribution < -0.4 is 9.34 Å². The number of hydrogen-bond donors (Lipinski definition) is 0. The van der Waals surface area contributed by atoms with Gasteiger partial charge in [-0.3, -0.25) is 4.57 Å². The van der Waals surface area contributed by atoms with E-state index < -0.39 is 24.8 Å². The highest BCUT2D eigenvalue weighted by atomic mass is 31.2. The van der Waals surface area contributed by atoms with Crippen molar-refractivity contribution in [3.63, 3.8) is 0 Å². The van der Waals surface area contributed by atoms with Gasteiger partial charge in [-0.05, 0) is 42.0 Å². The minimum Gasteiger partial charge on any atom is -0.304 e. The van der Waals surface area contributed by atoms with E-state index in [0.717, 1.165) is 23.5 Å². The van der Waals surface area contributed by atoms with Gasteiger partial charge in [0, 0.05) is 24.5 Å². The van der Waals surface area contributed by atoms with Crippen LogP contribution in [0.4, 0.5) is 24.5 Å². The molecule has 1 heterocycles. The minimum atomic E-state index is -4.47. The maximum absolute atomic E-state index is 14.9. The van der Waals surface area contributed by atoms with Gasteiger partial charge in [0.15, 0.2) is 0 Å². The Balaban J connectivity index is 1.85. The van der Waals surface area contributed by atoms with Gasteiger partial charge in [0.05, 0.1) is 23.7 Å². The number of halogens is 3. The van der Waals surface area contributed by atoms with E-state index in [2.05, 4.69) is 6.07 Å². The van der Waals surface area contributed by atoms with Gasteiger partial charge in [0.1, 0.15) is 0 Å². The fraction of sp³-hybridized carbons (Fsp3) is 0.208. The molecule has 1 aliphatic heterocycles. The summed E-state index contributed by atoms with van der Waals surface area (Å²) in [7, 11) is -3.48. The van der Waals surface area contributed by atoms with E-state index >= 15 is 0 Å². The molecule has 164 valence electrons. The van der Waals surface area contributed by atoms with E-state index in [1.807, 2.05) is 70.0 Å². The molecule has 3 aromatic rings. The van der Waals surface area contributed by atoms with E-state index in [9.17, 15) is 23.0 Å². The summed E-state index contributed by atoms with van der Waals surface area (Å²) in [5.74, 6) is 0. The number of hydrogen-bond acceptors (Lipinski definition) is 2. The molecule has 0 amide bonds. The van der Waals surface area contributed by atoms with Crippen LogP contribution in [0.25, 0.3) is 0 Å². The number of nitrogens with zero attached hydrogens (tertiary/aromatic N) is 3. The highest BCUT2D eigenvalue weighted by Crippen LogP contribution is 2.69. The first-order valence-electron chi connectivity index (χ1n) is 10.2. The van der Waals surface area contributed by atoms with Crippen LogP contribution in [0.15, 0.2) is 84.9 Å². The molecule has 0 saturated carbocycles. The summed E-state index contributed by atoms with van der Waals surface area (Å²) in [6.07, 6.45) is -4.55. The average molecular weight is 455 g/mol. The lowest BCUT2D eigenvalue weighted by molar-refractivity contribution is -0.137. The van der Waals surface area contributed by atoms with Gasteiger partial charge in [0.25, 0.3) is 7.44 Å². The number of benzene rings is 3. The summed E-state index contributed by atoms with van der Waals surface area (Å²) >= 11 is 0. The van der Waals surface area contributed by atoms with Gasteiger partial charge in [-0.2, -0.15) is 18.4 Å². The van der Waals surface area contributed by atoms with Crippen LogP contribution in [0, 0.1) is 11.3 Å². The Labute approximate surface area is 185 Å². The molecule has 1 aliphatic rings. The molecule has 0 aromatic heterocycles. The van der Waals surface area contributed by atoms with Gasteiger partial charge in [-0.1, -0.05) is 48.5 Å². The Morgan fingerprint density at radius 3 is 1.72 bits per heavy atom. The van der Waals surface area contributed by atoms with Gasteiger partial charge in [-0.15, -0.1) is 0 Å². The molecule has 4 nitrogen and oxygen atoms in total. The second-order valence-electron chi connectivity index (χ2n) is 7.50. The SMILES string of the molecule is N#CCC(c1ccc(C(F)(F)F)cc1)P1(=O)N(c2ccccc2)CCN1c1ccccc1. The molecule has 3 aromatic carbocycles. The predicted molar refractivity (Wildman–Crippen MR) is 120 cm³/mol. The predicted octanol–water partition coefficient (Wildman–Crippen LogP) is 6.88. The first-order valence-corrected chi connectivity index (χ1v) is 11.8. The van der Waals surface area contributed by atoms with E-state index in [1.54, 1.807) is 0 Å². The largest absolute Gasteiger partial charge is 0.416 e. The Kier molecular flexibility index (Phi) is 5.99. The van der Waals surface area contributed by atoms with E-state index in [1.165, 1.54) is 12.1 Å². The summed E-state index contributed by atoms with van der Waals surface area (Å²) in [6, 6.07) is 25.3. The van der Waals surface area contributed by atoms with Gasteiger partial charge in [-0.25, -0.2) is 0 Å². The first kappa shape index (κ1) is 22.0. The van der Waals surface area contributed by atoms with E-state index in [4.69, 9.17) is 0 Å². The third kappa shape index (κ3) is 3.99. The van der Waals surface area contributed by atoms with Crippen LogP contribution in [0.2, 0.25) is 0 Å². The van der Waals surface area contributed by atoms with Crippen LogP contribution in [0.3, 0.4) is 0 Å². The molecule has 1 atom stereocenters. The lowest BCUT2D eigenvalue weighted by Crippen LogP contribution is -2.24. The van der Waals surface area contributed by atoms with Gasteiger partial charge >= 0.3 is 6.18 Å². The van der Waals surface area contributed by atoms with E-state index in [-0.39, 0.29) is 6.42 Å². The highest BCUT2D eigenvalue weighted by molar-refractivity contribution is 7.68. The molecular weight excluding hydrogens is 434 g/mol. The fourth-order valence-electron chi connectivity index (χ4n) is 4.14. The summed E-state index contributed by atoms with van der Waals surface area (Å²) in [6.45, 7) is 0.942. The van der Waals surface area contributed by atoms with Crippen molar-refractivity contribution in [1.82, 2.24) is 0 Å². The van der Waals surface area contributed by atoms with Crippen LogP contribution in [-0.4, -0.2) is 13.1 Å². The summed E-state index contributed by atoms with van der Waals surface area (Å²) in [5.41, 5.74) is 0.402. The van der Waals surface area contributed by atoms with Gasteiger partial charge < -0.3 is 9.34 Å². The molecule has 8 heteroatoms. The highest BCUT2D eigenvalue weighted by Gasteiger charge is 2.49. The molecule has 0 aliphatic carbocycles. The van der Waals surface area contributed by atoms with E-state index in [0.29, 0.717) is 18.7 Å². The molecule has 0 radical (unpaired) electrons. The molecule has 1 unspecified atom stereocenters. The maximum Gasteiger partial charge on any atom is 0.416 e. The topological polar surface area (TPSA) is 47.3 Å². The summed E-state index contributed by atoms with van der Waals surface area (Å²) < 4.78 is 57.8. The zero-order valence-electron chi connectivity index (χ0n) is 17.1. The van der Waals surface area contributed by atoms with Crippen molar-refractivity contribution in [3.05, 3.63) is 96.1 Å². The quantitative estimate of drug-likeness (QED) is 0.394. The van der Waals surface area contributed by atoms with Crippen LogP contribution >= 0.6 is 7.44 Å². The Bertz CT molecular complexity index is 1090. The zero-order valence-corrected chi connectivity index (χ0v) is 18.0. The minimum absolute atomic E-state index is 0.0880. The summed E-state index contributed by atoms with van der Waals surface area (Å²) in [4.78, 5) is 0. The van der Waals surface area contributed by atoms with Crippen LogP contribution in [-0.2, 0) is 10.7 Å². The van der Waals surface area contributed by atoms with Crippen molar-refractivity contribution < 1.29 is 17.7 Å². The number of anilines is 2. The van der Waals surface area contributed by atoms with Crippen molar-refractivity contribution in [2.24, 2.45) is 0 Å². The van der Waals surface area contributed by atoms with Crippen molar-refractivity contribution in [1.29, 1.82) is 5.26 Å². The van der Waals surface area contributed by atoms with Gasteiger partial charge in [0.2, 0.25) is 0 Å². The molecule has 1 fully saturated rings.